The minimum absolute atomic E-state index is 0.238. The van der Waals surface area contributed by atoms with Crippen LogP contribution >= 0.6 is 23.2 Å². The van der Waals surface area contributed by atoms with Gasteiger partial charge in [0.1, 0.15) is 11.6 Å². The highest BCUT2D eigenvalue weighted by molar-refractivity contribution is 6.30. The highest BCUT2D eigenvalue weighted by atomic mass is 35.5. The second kappa shape index (κ2) is 5.08. The van der Waals surface area contributed by atoms with E-state index in [1.54, 1.807) is 6.07 Å². The number of nitrogens with zero attached hydrogens (tertiary/aromatic N) is 2. The van der Waals surface area contributed by atoms with Crippen molar-refractivity contribution in [3.63, 3.8) is 0 Å². The van der Waals surface area contributed by atoms with Gasteiger partial charge in [0.15, 0.2) is 0 Å². The summed E-state index contributed by atoms with van der Waals surface area (Å²) in [5.74, 6) is 0.512. The molecule has 102 valence electrons. The number of aryl methyl sites for hydroxylation is 1. The van der Waals surface area contributed by atoms with E-state index in [4.69, 9.17) is 23.2 Å². The molecule has 0 amide bonds. The summed E-state index contributed by atoms with van der Waals surface area (Å²) in [7, 11) is 0. The van der Waals surface area contributed by atoms with Gasteiger partial charge in [-0.15, -0.1) is 11.6 Å². The number of alkyl halides is 1. The first-order valence-corrected chi connectivity index (χ1v) is 7.00. The lowest BCUT2D eigenvalue weighted by atomic mass is 10.2. The molecule has 3 rings (SSSR count). The van der Waals surface area contributed by atoms with Gasteiger partial charge in [0.05, 0.1) is 22.6 Å². The van der Waals surface area contributed by atoms with Gasteiger partial charge in [-0.1, -0.05) is 17.7 Å². The molecule has 0 saturated heterocycles. The average Bonchev–Trinajstić information content (AvgIpc) is 2.74. The van der Waals surface area contributed by atoms with E-state index in [2.05, 4.69) is 4.98 Å². The number of hydrogen-bond acceptors (Lipinski definition) is 1. The van der Waals surface area contributed by atoms with E-state index in [0.29, 0.717) is 16.5 Å². The average molecular weight is 309 g/mol. The molecule has 0 unspecified atom stereocenters. The van der Waals surface area contributed by atoms with Crippen LogP contribution in [0.15, 0.2) is 36.4 Å². The predicted molar refractivity (Wildman–Crippen MR) is 80.3 cm³/mol. The van der Waals surface area contributed by atoms with Gasteiger partial charge >= 0.3 is 0 Å². The Kier molecular flexibility index (Phi) is 3.40. The van der Waals surface area contributed by atoms with Crippen molar-refractivity contribution in [1.29, 1.82) is 0 Å². The van der Waals surface area contributed by atoms with Crippen LogP contribution in [0.1, 0.15) is 11.4 Å². The van der Waals surface area contributed by atoms with E-state index >= 15 is 0 Å². The maximum atomic E-state index is 13.6. The van der Waals surface area contributed by atoms with E-state index in [1.165, 1.54) is 12.1 Å². The molecule has 0 fully saturated rings. The van der Waals surface area contributed by atoms with Crippen LogP contribution in [0.2, 0.25) is 5.02 Å². The van der Waals surface area contributed by atoms with Crippen molar-refractivity contribution in [2.45, 2.75) is 12.8 Å². The fourth-order valence-electron chi connectivity index (χ4n) is 2.29. The molecule has 0 N–H and O–H groups in total. The Bertz CT molecular complexity index is 776. The van der Waals surface area contributed by atoms with Crippen LogP contribution in [-0.4, -0.2) is 9.55 Å². The summed E-state index contributed by atoms with van der Waals surface area (Å²) >= 11 is 11.9. The summed E-state index contributed by atoms with van der Waals surface area (Å²) in [6, 6.07) is 10.3. The maximum Gasteiger partial charge on any atom is 0.129 e. The third-order valence-electron chi connectivity index (χ3n) is 3.10. The van der Waals surface area contributed by atoms with Crippen molar-refractivity contribution in [1.82, 2.24) is 9.55 Å². The molecular formula is C15H11Cl2FN2. The summed E-state index contributed by atoms with van der Waals surface area (Å²) < 4.78 is 15.4. The molecule has 0 bridgehead atoms. The molecule has 20 heavy (non-hydrogen) atoms. The molecule has 3 aromatic rings. The number of rotatable bonds is 2. The molecule has 0 aliphatic rings. The Morgan fingerprint density at radius 2 is 2.00 bits per heavy atom. The Labute approximate surface area is 125 Å². The predicted octanol–water partition coefficient (Wildman–Crippen LogP) is 4.87. The minimum Gasteiger partial charge on any atom is -0.295 e. The van der Waals surface area contributed by atoms with Crippen molar-refractivity contribution in [3.8, 4) is 5.69 Å². The number of hydrogen-bond donors (Lipinski definition) is 0. The molecule has 1 aromatic heterocycles. The normalized spacial score (nSPS) is 11.2. The zero-order chi connectivity index (χ0) is 14.3. The standard InChI is InChI=1S/C15H11Cl2FN2/c1-9-2-3-14-13(4-9)19-15(8-16)20(14)12-6-10(17)5-11(18)7-12/h2-7H,8H2,1H3. The smallest absolute Gasteiger partial charge is 0.129 e. The third kappa shape index (κ3) is 2.28. The molecule has 1 heterocycles. The van der Waals surface area contributed by atoms with Crippen molar-refractivity contribution in [2.75, 3.05) is 0 Å². The first-order chi connectivity index (χ1) is 9.58. The largest absolute Gasteiger partial charge is 0.295 e. The molecule has 0 aliphatic heterocycles. The number of fused-ring (bicyclic) bond motifs is 1. The van der Waals surface area contributed by atoms with Crippen molar-refractivity contribution in [3.05, 3.63) is 58.6 Å². The van der Waals surface area contributed by atoms with Crippen LogP contribution in [0.25, 0.3) is 16.7 Å². The fraction of sp³-hybridized carbons (Fsp3) is 0.133. The van der Waals surface area contributed by atoms with Crippen molar-refractivity contribution >= 4 is 34.2 Å². The molecule has 0 saturated carbocycles. The third-order valence-corrected chi connectivity index (χ3v) is 3.56. The Morgan fingerprint density at radius 1 is 1.20 bits per heavy atom. The van der Waals surface area contributed by atoms with Crippen LogP contribution in [0.5, 0.6) is 0 Å². The Morgan fingerprint density at radius 3 is 2.70 bits per heavy atom. The summed E-state index contributed by atoms with van der Waals surface area (Å²) in [6.07, 6.45) is 0. The number of halogens is 3. The lowest BCUT2D eigenvalue weighted by molar-refractivity contribution is 0.626. The maximum absolute atomic E-state index is 13.6. The van der Waals surface area contributed by atoms with Crippen LogP contribution in [0.3, 0.4) is 0 Å². The topological polar surface area (TPSA) is 17.8 Å². The number of aromatic nitrogens is 2. The van der Waals surface area contributed by atoms with E-state index in [-0.39, 0.29) is 11.7 Å². The first kappa shape index (κ1) is 13.4. The van der Waals surface area contributed by atoms with Crippen LogP contribution in [-0.2, 0) is 5.88 Å². The minimum atomic E-state index is -0.387. The highest BCUT2D eigenvalue weighted by Crippen LogP contribution is 2.26. The zero-order valence-corrected chi connectivity index (χ0v) is 12.2. The van der Waals surface area contributed by atoms with Crippen LogP contribution in [0.4, 0.5) is 4.39 Å². The second-order valence-electron chi connectivity index (χ2n) is 4.62. The number of benzene rings is 2. The van der Waals surface area contributed by atoms with Crippen LogP contribution < -0.4 is 0 Å². The number of imidazole rings is 1. The summed E-state index contributed by atoms with van der Waals surface area (Å²) in [4.78, 5) is 4.49. The Balaban J connectivity index is 2.33. The van der Waals surface area contributed by atoms with E-state index < -0.39 is 0 Å². The van der Waals surface area contributed by atoms with Gasteiger partial charge in [0, 0.05) is 5.02 Å². The van der Waals surface area contributed by atoms with Crippen LogP contribution in [0, 0.1) is 12.7 Å². The lowest BCUT2D eigenvalue weighted by Crippen LogP contribution is -2.00. The van der Waals surface area contributed by atoms with Gasteiger partial charge < -0.3 is 0 Å². The lowest BCUT2D eigenvalue weighted by Gasteiger charge is -2.08. The highest BCUT2D eigenvalue weighted by Gasteiger charge is 2.13. The van der Waals surface area contributed by atoms with E-state index in [9.17, 15) is 4.39 Å². The molecule has 0 atom stereocenters. The van der Waals surface area contributed by atoms with Gasteiger partial charge in [-0.25, -0.2) is 9.37 Å². The van der Waals surface area contributed by atoms with E-state index in [1.807, 2.05) is 29.7 Å². The molecule has 0 aliphatic carbocycles. The molecule has 0 spiro atoms. The summed E-state index contributed by atoms with van der Waals surface area (Å²) in [6.45, 7) is 2.00. The second-order valence-corrected chi connectivity index (χ2v) is 5.32. The van der Waals surface area contributed by atoms with Crippen molar-refractivity contribution in [2.24, 2.45) is 0 Å². The van der Waals surface area contributed by atoms with Crippen molar-refractivity contribution < 1.29 is 4.39 Å². The quantitative estimate of drug-likeness (QED) is 0.618. The zero-order valence-electron chi connectivity index (χ0n) is 10.7. The van der Waals surface area contributed by atoms with Gasteiger partial charge in [0.25, 0.3) is 0 Å². The Hall–Kier alpha value is -1.58. The monoisotopic (exact) mass is 308 g/mol. The van der Waals surface area contributed by atoms with Gasteiger partial charge in [-0.05, 0) is 42.8 Å². The first-order valence-electron chi connectivity index (χ1n) is 6.09. The SMILES string of the molecule is Cc1ccc2c(c1)nc(CCl)n2-c1cc(F)cc(Cl)c1. The molecule has 2 nitrogen and oxygen atoms in total. The molecule has 2 aromatic carbocycles. The summed E-state index contributed by atoms with van der Waals surface area (Å²) in [5, 5.41) is 0.342. The van der Waals surface area contributed by atoms with E-state index in [0.717, 1.165) is 16.6 Å². The molecular weight excluding hydrogens is 298 g/mol. The van der Waals surface area contributed by atoms with Gasteiger partial charge in [-0.3, -0.25) is 4.57 Å². The summed E-state index contributed by atoms with van der Waals surface area (Å²) in [5.41, 5.74) is 3.45. The molecule has 5 heteroatoms. The van der Waals surface area contributed by atoms with Gasteiger partial charge in [0.2, 0.25) is 0 Å². The fourth-order valence-corrected chi connectivity index (χ4v) is 2.68. The molecule has 0 radical (unpaired) electrons. The van der Waals surface area contributed by atoms with Gasteiger partial charge in [-0.2, -0.15) is 0 Å².